The number of halogens is 2. The van der Waals surface area contributed by atoms with Crippen LogP contribution in [-0.2, 0) is 4.79 Å². The second-order valence-electron chi connectivity index (χ2n) is 3.26. The summed E-state index contributed by atoms with van der Waals surface area (Å²) < 4.78 is 5.52. The van der Waals surface area contributed by atoms with Crippen molar-refractivity contribution < 1.29 is 9.53 Å². The van der Waals surface area contributed by atoms with E-state index in [1.54, 1.807) is 24.3 Å². The number of amides is 1. The van der Waals surface area contributed by atoms with E-state index in [0.717, 1.165) is 0 Å². The molecular weight excluding hydrogens is 249 g/mol. The fourth-order valence-corrected chi connectivity index (χ4v) is 1.60. The SMILES string of the molecule is CC(=O)Nc1cccc(OC(CCl)CCl)c1. The van der Waals surface area contributed by atoms with Gasteiger partial charge in [0.25, 0.3) is 0 Å². The summed E-state index contributed by atoms with van der Waals surface area (Å²) in [6.07, 6.45) is -0.226. The second-order valence-corrected chi connectivity index (χ2v) is 3.87. The number of anilines is 1. The number of benzene rings is 1. The summed E-state index contributed by atoms with van der Waals surface area (Å²) in [7, 11) is 0. The summed E-state index contributed by atoms with van der Waals surface area (Å²) in [5, 5.41) is 2.67. The highest BCUT2D eigenvalue weighted by molar-refractivity contribution is 6.21. The number of alkyl halides is 2. The van der Waals surface area contributed by atoms with Crippen molar-refractivity contribution in [1.82, 2.24) is 0 Å². The summed E-state index contributed by atoms with van der Waals surface area (Å²) >= 11 is 11.3. The van der Waals surface area contributed by atoms with Crippen LogP contribution < -0.4 is 10.1 Å². The summed E-state index contributed by atoms with van der Waals surface area (Å²) in [6, 6.07) is 7.09. The molecule has 0 unspecified atom stereocenters. The first-order valence-corrected chi connectivity index (χ1v) is 5.89. The van der Waals surface area contributed by atoms with Crippen molar-refractivity contribution in [2.75, 3.05) is 17.1 Å². The van der Waals surface area contributed by atoms with E-state index in [-0.39, 0.29) is 12.0 Å². The van der Waals surface area contributed by atoms with E-state index in [1.165, 1.54) is 6.92 Å². The van der Waals surface area contributed by atoms with Crippen molar-refractivity contribution in [1.29, 1.82) is 0 Å². The molecule has 0 saturated heterocycles. The van der Waals surface area contributed by atoms with Gasteiger partial charge in [0, 0.05) is 18.7 Å². The van der Waals surface area contributed by atoms with Crippen LogP contribution in [0.15, 0.2) is 24.3 Å². The molecule has 0 aromatic heterocycles. The van der Waals surface area contributed by atoms with E-state index in [1.807, 2.05) is 0 Å². The van der Waals surface area contributed by atoms with Gasteiger partial charge < -0.3 is 10.1 Å². The maximum atomic E-state index is 10.9. The third-order valence-electron chi connectivity index (χ3n) is 1.80. The van der Waals surface area contributed by atoms with E-state index in [4.69, 9.17) is 27.9 Å². The molecule has 1 amide bonds. The van der Waals surface area contributed by atoms with Gasteiger partial charge in [-0.3, -0.25) is 4.79 Å². The maximum Gasteiger partial charge on any atom is 0.221 e. The highest BCUT2D eigenvalue weighted by Gasteiger charge is 2.07. The molecule has 0 aliphatic heterocycles. The van der Waals surface area contributed by atoms with E-state index in [2.05, 4.69) is 5.32 Å². The van der Waals surface area contributed by atoms with E-state index in [9.17, 15) is 4.79 Å². The standard InChI is InChI=1S/C11H13Cl2NO2/c1-8(15)14-9-3-2-4-10(5-9)16-11(6-12)7-13/h2-5,11H,6-7H2,1H3,(H,14,15). The van der Waals surface area contributed by atoms with E-state index >= 15 is 0 Å². The molecule has 0 aliphatic carbocycles. The monoisotopic (exact) mass is 261 g/mol. The van der Waals surface area contributed by atoms with Gasteiger partial charge in [-0.05, 0) is 12.1 Å². The zero-order valence-electron chi connectivity index (χ0n) is 8.87. The fourth-order valence-electron chi connectivity index (χ4n) is 1.15. The molecule has 0 radical (unpaired) electrons. The van der Waals surface area contributed by atoms with Crippen molar-refractivity contribution in [3.8, 4) is 5.75 Å². The largest absolute Gasteiger partial charge is 0.488 e. The third-order valence-corrected chi connectivity index (χ3v) is 2.49. The number of hydrogen-bond donors (Lipinski definition) is 1. The van der Waals surface area contributed by atoms with E-state index in [0.29, 0.717) is 23.2 Å². The number of rotatable bonds is 5. The molecule has 0 saturated carbocycles. The first kappa shape index (κ1) is 13.1. The lowest BCUT2D eigenvalue weighted by atomic mass is 10.3. The first-order chi connectivity index (χ1) is 7.65. The Kier molecular flexibility index (Phi) is 5.43. The third kappa shape index (κ3) is 4.29. The van der Waals surface area contributed by atoms with Crippen LogP contribution in [0.3, 0.4) is 0 Å². The molecule has 88 valence electrons. The summed E-state index contributed by atoms with van der Waals surface area (Å²) in [6.45, 7) is 1.45. The van der Waals surface area contributed by atoms with Crippen molar-refractivity contribution in [2.45, 2.75) is 13.0 Å². The normalized spacial score (nSPS) is 10.2. The smallest absolute Gasteiger partial charge is 0.221 e. The van der Waals surface area contributed by atoms with E-state index < -0.39 is 0 Å². The van der Waals surface area contributed by atoms with Crippen LogP contribution in [0.4, 0.5) is 5.69 Å². The lowest BCUT2D eigenvalue weighted by Gasteiger charge is -2.14. The minimum absolute atomic E-state index is 0.122. The molecule has 1 rings (SSSR count). The molecule has 0 fully saturated rings. The Balaban J connectivity index is 2.70. The lowest BCUT2D eigenvalue weighted by Crippen LogP contribution is -2.20. The molecule has 5 heteroatoms. The topological polar surface area (TPSA) is 38.3 Å². The second kappa shape index (κ2) is 6.61. The molecule has 0 bridgehead atoms. The Morgan fingerprint density at radius 2 is 2.12 bits per heavy atom. The summed E-state index contributed by atoms with van der Waals surface area (Å²) in [5.41, 5.74) is 0.688. The summed E-state index contributed by atoms with van der Waals surface area (Å²) in [5.74, 6) is 1.17. The Labute approximate surface area is 105 Å². The van der Waals surface area contributed by atoms with Crippen molar-refractivity contribution in [2.24, 2.45) is 0 Å². The molecule has 0 aliphatic rings. The molecular formula is C11H13Cl2NO2. The molecule has 3 nitrogen and oxygen atoms in total. The van der Waals surface area contributed by atoms with Gasteiger partial charge in [0.05, 0.1) is 11.8 Å². The van der Waals surface area contributed by atoms with Gasteiger partial charge in [-0.1, -0.05) is 6.07 Å². The predicted molar refractivity (Wildman–Crippen MR) is 66.6 cm³/mol. The van der Waals surface area contributed by atoms with Crippen molar-refractivity contribution in [3.63, 3.8) is 0 Å². The van der Waals surface area contributed by atoms with Crippen LogP contribution in [0, 0.1) is 0 Å². The Hall–Kier alpha value is -0.930. The Morgan fingerprint density at radius 3 is 2.69 bits per heavy atom. The number of nitrogens with one attached hydrogen (secondary N) is 1. The number of carbonyl (C=O) groups excluding carboxylic acids is 1. The zero-order chi connectivity index (χ0) is 12.0. The average Bonchev–Trinajstić information content (AvgIpc) is 2.25. The lowest BCUT2D eigenvalue weighted by molar-refractivity contribution is -0.114. The molecule has 0 spiro atoms. The van der Waals surface area contributed by atoms with Crippen molar-refractivity contribution in [3.05, 3.63) is 24.3 Å². The van der Waals surface area contributed by atoms with Crippen LogP contribution in [0.25, 0.3) is 0 Å². The first-order valence-electron chi connectivity index (χ1n) is 4.82. The van der Waals surface area contributed by atoms with Gasteiger partial charge in [0.15, 0.2) is 0 Å². The predicted octanol–water partition coefficient (Wildman–Crippen LogP) is 2.87. The molecule has 16 heavy (non-hydrogen) atoms. The summed E-state index contributed by atoms with van der Waals surface area (Å²) in [4.78, 5) is 10.9. The highest BCUT2D eigenvalue weighted by Crippen LogP contribution is 2.19. The van der Waals surface area contributed by atoms with Crippen LogP contribution in [0.5, 0.6) is 5.75 Å². The van der Waals surface area contributed by atoms with Gasteiger partial charge in [0.2, 0.25) is 5.91 Å². The Bertz CT molecular complexity index is 354. The fraction of sp³-hybridized carbons (Fsp3) is 0.364. The highest BCUT2D eigenvalue weighted by atomic mass is 35.5. The molecule has 1 N–H and O–H groups in total. The van der Waals surface area contributed by atoms with Gasteiger partial charge in [-0.2, -0.15) is 0 Å². The van der Waals surface area contributed by atoms with Crippen molar-refractivity contribution >= 4 is 34.8 Å². The zero-order valence-corrected chi connectivity index (χ0v) is 10.4. The molecule has 0 atom stereocenters. The average molecular weight is 262 g/mol. The quantitative estimate of drug-likeness (QED) is 0.828. The molecule has 0 heterocycles. The Morgan fingerprint density at radius 1 is 1.44 bits per heavy atom. The van der Waals surface area contributed by atoms with Crippen LogP contribution in [0.2, 0.25) is 0 Å². The number of ether oxygens (including phenoxy) is 1. The van der Waals surface area contributed by atoms with Crippen LogP contribution in [-0.4, -0.2) is 23.8 Å². The van der Waals surface area contributed by atoms with Gasteiger partial charge in [-0.25, -0.2) is 0 Å². The molecule has 1 aromatic rings. The minimum atomic E-state index is -0.226. The van der Waals surface area contributed by atoms with Gasteiger partial charge in [-0.15, -0.1) is 23.2 Å². The van der Waals surface area contributed by atoms with Gasteiger partial charge >= 0.3 is 0 Å². The maximum absolute atomic E-state index is 10.9. The van der Waals surface area contributed by atoms with Crippen LogP contribution >= 0.6 is 23.2 Å². The minimum Gasteiger partial charge on any atom is -0.488 e. The van der Waals surface area contributed by atoms with Gasteiger partial charge in [0.1, 0.15) is 11.9 Å². The number of hydrogen-bond acceptors (Lipinski definition) is 2. The number of carbonyl (C=O) groups is 1. The van der Waals surface area contributed by atoms with Crippen LogP contribution in [0.1, 0.15) is 6.92 Å². The molecule has 1 aromatic carbocycles.